The highest BCUT2D eigenvalue weighted by Crippen LogP contribution is 2.67. The standard InChI is InChI=1S/C24H20ClN3O5S/c1-27-34(31,32)20-19(15-5-3-2-4-6-15)24(16-9-7-14(12-26)8-10-16)23(30,22(20)29)21-18(33-24)11-17(25)13-28-21/h2-11,13,19-20,22,27,29-30H,1H3. The molecule has 8 nitrogen and oxygen atoms in total. The summed E-state index contributed by atoms with van der Waals surface area (Å²) >= 11 is 6.14. The first-order valence-electron chi connectivity index (χ1n) is 10.4. The molecule has 174 valence electrons. The molecule has 0 saturated heterocycles. The van der Waals surface area contributed by atoms with E-state index in [2.05, 4.69) is 9.71 Å². The van der Waals surface area contributed by atoms with Gasteiger partial charge in [0.25, 0.3) is 0 Å². The average molecular weight is 498 g/mol. The molecule has 5 atom stereocenters. The van der Waals surface area contributed by atoms with E-state index < -0.39 is 38.5 Å². The highest BCUT2D eigenvalue weighted by Gasteiger charge is 2.79. The van der Waals surface area contributed by atoms with Gasteiger partial charge in [0, 0.05) is 12.3 Å². The fraction of sp³-hybridized carbons (Fsp3) is 0.250. The predicted molar refractivity (Wildman–Crippen MR) is 124 cm³/mol. The van der Waals surface area contributed by atoms with Gasteiger partial charge in [0.15, 0.2) is 11.2 Å². The minimum absolute atomic E-state index is 0.0107. The van der Waals surface area contributed by atoms with Crippen molar-refractivity contribution in [3.05, 3.63) is 94.3 Å². The van der Waals surface area contributed by atoms with Gasteiger partial charge in [-0.2, -0.15) is 5.26 Å². The van der Waals surface area contributed by atoms with Crippen molar-refractivity contribution >= 4 is 21.6 Å². The molecule has 0 spiro atoms. The summed E-state index contributed by atoms with van der Waals surface area (Å²) in [6, 6.07) is 18.5. The second-order valence-electron chi connectivity index (χ2n) is 8.34. The first-order valence-corrected chi connectivity index (χ1v) is 12.4. The van der Waals surface area contributed by atoms with Crippen LogP contribution in [0.15, 0.2) is 66.9 Å². The molecule has 0 bridgehead atoms. The summed E-state index contributed by atoms with van der Waals surface area (Å²) in [5, 5.41) is 31.9. The molecule has 1 fully saturated rings. The van der Waals surface area contributed by atoms with Crippen molar-refractivity contribution in [2.45, 2.75) is 28.5 Å². The van der Waals surface area contributed by atoms with Crippen LogP contribution in [-0.4, -0.2) is 42.0 Å². The molecule has 1 aromatic heterocycles. The molecule has 3 aromatic rings. The van der Waals surface area contributed by atoms with Crippen LogP contribution in [0.25, 0.3) is 0 Å². The topological polar surface area (TPSA) is 133 Å². The van der Waals surface area contributed by atoms with Crippen LogP contribution in [0.2, 0.25) is 5.02 Å². The van der Waals surface area contributed by atoms with E-state index in [0.717, 1.165) is 0 Å². The molecule has 1 aliphatic heterocycles. The highest BCUT2D eigenvalue weighted by molar-refractivity contribution is 7.90. The van der Waals surface area contributed by atoms with Gasteiger partial charge in [-0.05, 0) is 30.3 Å². The number of nitrogens with zero attached hydrogens (tertiary/aromatic N) is 2. The number of aromatic nitrogens is 1. The third-order valence-electron chi connectivity index (χ3n) is 6.77. The summed E-state index contributed by atoms with van der Waals surface area (Å²) < 4.78 is 35.3. The molecule has 0 radical (unpaired) electrons. The van der Waals surface area contributed by atoms with E-state index in [1.807, 2.05) is 6.07 Å². The number of aliphatic hydroxyl groups excluding tert-OH is 1. The molecule has 2 heterocycles. The van der Waals surface area contributed by atoms with Gasteiger partial charge in [-0.1, -0.05) is 54.1 Å². The zero-order valence-electron chi connectivity index (χ0n) is 17.9. The Morgan fingerprint density at radius 1 is 1.18 bits per heavy atom. The Kier molecular flexibility index (Phi) is 5.20. The number of fused-ring (bicyclic) bond motifs is 3. The van der Waals surface area contributed by atoms with E-state index in [9.17, 15) is 23.9 Å². The van der Waals surface area contributed by atoms with Crippen LogP contribution in [0, 0.1) is 11.3 Å². The van der Waals surface area contributed by atoms with Crippen LogP contribution in [-0.2, 0) is 21.2 Å². The molecule has 5 unspecified atom stereocenters. The Hall–Kier alpha value is -3.00. The number of nitrogens with one attached hydrogen (secondary N) is 1. The van der Waals surface area contributed by atoms with Gasteiger partial charge in [-0.3, -0.25) is 4.98 Å². The van der Waals surface area contributed by atoms with Crippen LogP contribution in [0.3, 0.4) is 0 Å². The van der Waals surface area contributed by atoms with E-state index in [1.54, 1.807) is 54.6 Å². The van der Waals surface area contributed by atoms with E-state index >= 15 is 0 Å². The van der Waals surface area contributed by atoms with Crippen LogP contribution < -0.4 is 9.46 Å². The van der Waals surface area contributed by atoms with Gasteiger partial charge < -0.3 is 14.9 Å². The van der Waals surface area contributed by atoms with Crippen molar-refractivity contribution in [1.29, 1.82) is 5.26 Å². The van der Waals surface area contributed by atoms with Crippen molar-refractivity contribution in [1.82, 2.24) is 9.71 Å². The Morgan fingerprint density at radius 2 is 1.85 bits per heavy atom. The Balaban J connectivity index is 1.89. The number of pyridine rings is 1. The SMILES string of the molecule is CNS(=O)(=O)C1C(O)C2(O)c3ncc(Cl)cc3OC2(c2ccc(C#N)cc2)C1c1ccccc1. The van der Waals surface area contributed by atoms with Crippen LogP contribution in [0.4, 0.5) is 0 Å². The highest BCUT2D eigenvalue weighted by atomic mass is 35.5. The summed E-state index contributed by atoms with van der Waals surface area (Å²) in [5.41, 5.74) is -2.78. The number of aliphatic hydroxyl groups is 2. The molecule has 2 aliphatic rings. The summed E-state index contributed by atoms with van der Waals surface area (Å²) in [5.74, 6) is -0.924. The lowest BCUT2D eigenvalue weighted by molar-refractivity contribution is -0.150. The minimum atomic E-state index is -4.14. The molecule has 10 heteroatoms. The van der Waals surface area contributed by atoms with E-state index in [-0.39, 0.29) is 16.5 Å². The van der Waals surface area contributed by atoms with Gasteiger partial charge >= 0.3 is 0 Å². The van der Waals surface area contributed by atoms with E-state index in [4.69, 9.17) is 16.3 Å². The number of rotatable bonds is 4. The molecular formula is C24H20ClN3O5S. The quantitative estimate of drug-likeness (QED) is 0.503. The molecule has 1 saturated carbocycles. The molecule has 5 rings (SSSR count). The number of benzene rings is 2. The van der Waals surface area contributed by atoms with Gasteiger partial charge in [0.05, 0.1) is 22.6 Å². The smallest absolute Gasteiger partial charge is 0.217 e. The number of sulfonamides is 1. The number of nitriles is 1. The third kappa shape index (κ3) is 2.87. The third-order valence-corrected chi connectivity index (χ3v) is 8.79. The van der Waals surface area contributed by atoms with Crippen molar-refractivity contribution < 1.29 is 23.4 Å². The van der Waals surface area contributed by atoms with Crippen LogP contribution in [0.1, 0.15) is 28.3 Å². The summed E-state index contributed by atoms with van der Waals surface area (Å²) in [6.07, 6.45) is -0.513. The fourth-order valence-electron chi connectivity index (χ4n) is 5.34. The second kappa shape index (κ2) is 7.77. The normalized spacial score (nSPS) is 29.7. The zero-order valence-corrected chi connectivity index (χ0v) is 19.5. The largest absolute Gasteiger partial charge is 0.476 e. The van der Waals surface area contributed by atoms with Crippen molar-refractivity contribution in [3.63, 3.8) is 0 Å². The van der Waals surface area contributed by atoms with Gasteiger partial charge in [-0.15, -0.1) is 0 Å². The van der Waals surface area contributed by atoms with Crippen molar-refractivity contribution in [2.24, 2.45) is 0 Å². The first kappa shape index (κ1) is 22.8. The monoisotopic (exact) mass is 497 g/mol. The zero-order chi connectivity index (χ0) is 24.3. The van der Waals surface area contributed by atoms with Crippen LogP contribution in [0.5, 0.6) is 5.75 Å². The maximum atomic E-state index is 13.3. The maximum Gasteiger partial charge on any atom is 0.217 e. The fourth-order valence-corrected chi connectivity index (χ4v) is 7.01. The number of hydrogen-bond donors (Lipinski definition) is 3. The van der Waals surface area contributed by atoms with Gasteiger partial charge in [-0.25, -0.2) is 13.1 Å². The average Bonchev–Trinajstić information content (AvgIpc) is 3.22. The lowest BCUT2D eigenvalue weighted by atomic mass is 9.72. The lowest BCUT2D eigenvalue weighted by Crippen LogP contribution is -2.52. The van der Waals surface area contributed by atoms with Crippen molar-refractivity contribution in [2.75, 3.05) is 7.05 Å². The summed E-state index contributed by atoms with van der Waals surface area (Å²) in [4.78, 5) is 4.26. The van der Waals surface area contributed by atoms with Gasteiger partial charge in [0.2, 0.25) is 10.0 Å². The summed E-state index contributed by atoms with van der Waals surface area (Å²) in [7, 11) is -2.89. The first-order chi connectivity index (χ1) is 16.2. The Bertz CT molecular complexity index is 1410. The number of halogens is 1. The molecule has 0 amide bonds. The number of hydrogen-bond acceptors (Lipinski definition) is 7. The Morgan fingerprint density at radius 3 is 2.47 bits per heavy atom. The van der Waals surface area contributed by atoms with E-state index in [1.165, 1.54) is 19.3 Å². The van der Waals surface area contributed by atoms with Crippen molar-refractivity contribution in [3.8, 4) is 11.8 Å². The van der Waals surface area contributed by atoms with E-state index in [0.29, 0.717) is 16.7 Å². The number of ether oxygens (including phenoxy) is 1. The van der Waals surface area contributed by atoms with Gasteiger partial charge in [0.1, 0.15) is 22.8 Å². The lowest BCUT2D eigenvalue weighted by Gasteiger charge is -2.40. The molecule has 1 aliphatic carbocycles. The maximum absolute atomic E-state index is 13.3. The molecule has 2 aromatic carbocycles. The Labute approximate surface area is 201 Å². The molecule has 34 heavy (non-hydrogen) atoms. The summed E-state index contributed by atoms with van der Waals surface area (Å²) in [6.45, 7) is 0. The van der Waals surface area contributed by atoms with Crippen LogP contribution >= 0.6 is 11.6 Å². The molecular weight excluding hydrogens is 478 g/mol. The second-order valence-corrected chi connectivity index (χ2v) is 10.8. The predicted octanol–water partition coefficient (Wildman–Crippen LogP) is 2.16. The molecule has 3 N–H and O–H groups in total. The minimum Gasteiger partial charge on any atom is -0.476 e.